The summed E-state index contributed by atoms with van der Waals surface area (Å²) in [4.78, 5) is 29.5. The van der Waals surface area contributed by atoms with Crippen molar-refractivity contribution in [2.24, 2.45) is 5.92 Å². The average Bonchev–Trinajstić information content (AvgIpc) is 3.30. The number of rotatable bonds is 3. The molecule has 0 aliphatic carbocycles. The van der Waals surface area contributed by atoms with E-state index in [0.717, 1.165) is 64.0 Å². The van der Waals surface area contributed by atoms with E-state index in [1.807, 2.05) is 34.9 Å². The second-order valence-electron chi connectivity index (χ2n) is 8.84. The van der Waals surface area contributed by atoms with E-state index in [-0.39, 0.29) is 11.9 Å². The molecule has 3 heterocycles. The fourth-order valence-electron chi connectivity index (χ4n) is 5.02. The van der Waals surface area contributed by atoms with Crippen LogP contribution in [0.5, 0.6) is 0 Å². The van der Waals surface area contributed by atoms with Gasteiger partial charge in [0.15, 0.2) is 0 Å². The van der Waals surface area contributed by atoms with Gasteiger partial charge in [-0.25, -0.2) is 4.79 Å². The minimum Gasteiger partial charge on any atom is -0.339 e. The van der Waals surface area contributed by atoms with E-state index in [2.05, 4.69) is 10.6 Å². The van der Waals surface area contributed by atoms with E-state index in [9.17, 15) is 9.59 Å². The van der Waals surface area contributed by atoms with Gasteiger partial charge < -0.3 is 20.4 Å². The Labute approximate surface area is 174 Å². The zero-order chi connectivity index (χ0) is 20.2. The second kappa shape index (κ2) is 9.16. The van der Waals surface area contributed by atoms with Crippen LogP contribution in [-0.2, 0) is 0 Å². The lowest BCUT2D eigenvalue weighted by molar-refractivity contribution is 0.0723. The van der Waals surface area contributed by atoms with Crippen molar-refractivity contribution in [3.05, 3.63) is 29.3 Å². The highest BCUT2D eigenvalue weighted by atomic mass is 16.2. The van der Waals surface area contributed by atoms with Crippen LogP contribution < -0.4 is 10.6 Å². The third kappa shape index (κ3) is 4.74. The minimum atomic E-state index is -0.0527. The highest BCUT2D eigenvalue weighted by Gasteiger charge is 2.30. The summed E-state index contributed by atoms with van der Waals surface area (Å²) < 4.78 is 0. The third-order valence-electron chi connectivity index (χ3n) is 6.86. The molecule has 3 aliphatic rings. The molecule has 1 unspecified atom stereocenters. The van der Waals surface area contributed by atoms with Gasteiger partial charge in [0.1, 0.15) is 0 Å². The molecule has 3 saturated heterocycles. The summed E-state index contributed by atoms with van der Waals surface area (Å²) in [5, 5.41) is 6.63. The number of anilines is 1. The summed E-state index contributed by atoms with van der Waals surface area (Å²) in [7, 11) is 0. The van der Waals surface area contributed by atoms with Gasteiger partial charge in [-0.3, -0.25) is 4.79 Å². The molecule has 6 nitrogen and oxygen atoms in total. The molecule has 1 atom stereocenters. The molecule has 0 spiro atoms. The van der Waals surface area contributed by atoms with Crippen LogP contribution in [0.1, 0.15) is 60.9 Å². The Morgan fingerprint density at radius 1 is 0.966 bits per heavy atom. The number of nitrogens with zero attached hydrogens (tertiary/aromatic N) is 2. The Hall–Kier alpha value is -2.08. The molecule has 158 valence electrons. The summed E-state index contributed by atoms with van der Waals surface area (Å²) in [6, 6.07) is 6.27. The van der Waals surface area contributed by atoms with E-state index in [1.165, 1.54) is 19.3 Å². The van der Waals surface area contributed by atoms with Crippen molar-refractivity contribution in [2.75, 3.05) is 38.0 Å². The van der Waals surface area contributed by atoms with Crippen LogP contribution in [0.3, 0.4) is 0 Å². The number of amides is 3. The van der Waals surface area contributed by atoms with Gasteiger partial charge in [-0.2, -0.15) is 0 Å². The molecule has 6 heteroatoms. The number of carbonyl (C=O) groups is 2. The number of hydrogen-bond donors (Lipinski definition) is 2. The first-order valence-corrected chi connectivity index (χ1v) is 11.3. The predicted octanol–water partition coefficient (Wildman–Crippen LogP) is 3.62. The summed E-state index contributed by atoms with van der Waals surface area (Å²) in [5.41, 5.74) is 2.37. The third-order valence-corrected chi connectivity index (χ3v) is 6.86. The summed E-state index contributed by atoms with van der Waals surface area (Å²) in [5.74, 6) is 0.776. The van der Waals surface area contributed by atoms with Gasteiger partial charge in [-0.1, -0.05) is 6.07 Å². The van der Waals surface area contributed by atoms with Gasteiger partial charge in [0.25, 0.3) is 5.91 Å². The fourth-order valence-corrected chi connectivity index (χ4v) is 5.02. The molecule has 2 N–H and O–H groups in total. The zero-order valence-corrected chi connectivity index (χ0v) is 17.6. The number of hydrogen-bond acceptors (Lipinski definition) is 3. The van der Waals surface area contributed by atoms with E-state index < -0.39 is 0 Å². The van der Waals surface area contributed by atoms with Crippen LogP contribution in [0.15, 0.2) is 18.2 Å². The van der Waals surface area contributed by atoms with Crippen LogP contribution in [0.2, 0.25) is 0 Å². The standard InChI is InChI=1S/C23H34N4O2/c1-17-7-8-19(16-20(17)22(28)26-12-3-2-4-13-26)25-23(29)27-14-9-18(10-15-27)21-6-5-11-24-21/h7-8,16,18,21,24H,2-6,9-15H2,1H3,(H,25,29). The molecule has 0 saturated carbocycles. The number of piperidine rings is 2. The van der Waals surface area contributed by atoms with E-state index in [4.69, 9.17) is 0 Å². The predicted molar refractivity (Wildman–Crippen MR) is 115 cm³/mol. The lowest BCUT2D eigenvalue weighted by atomic mass is 9.89. The van der Waals surface area contributed by atoms with Crippen LogP contribution in [0, 0.1) is 12.8 Å². The van der Waals surface area contributed by atoms with Crippen LogP contribution in [0.25, 0.3) is 0 Å². The Morgan fingerprint density at radius 2 is 1.72 bits per heavy atom. The molecular formula is C23H34N4O2. The van der Waals surface area contributed by atoms with Gasteiger partial charge >= 0.3 is 6.03 Å². The Balaban J connectivity index is 1.35. The smallest absolute Gasteiger partial charge is 0.321 e. The molecule has 0 radical (unpaired) electrons. The van der Waals surface area contributed by atoms with Crippen molar-refractivity contribution in [3.8, 4) is 0 Å². The molecule has 1 aromatic rings. The van der Waals surface area contributed by atoms with E-state index >= 15 is 0 Å². The maximum atomic E-state index is 12.9. The molecule has 0 aromatic heterocycles. The normalized spacial score (nSPS) is 23.3. The van der Waals surface area contributed by atoms with Crippen LogP contribution in [-0.4, -0.2) is 60.5 Å². The lowest BCUT2D eigenvalue weighted by Crippen LogP contribution is -2.44. The topological polar surface area (TPSA) is 64.7 Å². The van der Waals surface area contributed by atoms with E-state index in [0.29, 0.717) is 23.2 Å². The first-order valence-electron chi connectivity index (χ1n) is 11.3. The summed E-state index contributed by atoms with van der Waals surface area (Å²) >= 11 is 0. The quantitative estimate of drug-likeness (QED) is 0.817. The Kier molecular flexibility index (Phi) is 6.38. The molecule has 3 amide bonds. The molecule has 4 rings (SSSR count). The molecule has 1 aromatic carbocycles. The number of carbonyl (C=O) groups excluding carboxylic acids is 2. The highest BCUT2D eigenvalue weighted by molar-refractivity contribution is 5.98. The van der Waals surface area contributed by atoms with Crippen molar-refractivity contribution in [1.29, 1.82) is 0 Å². The monoisotopic (exact) mass is 398 g/mol. The summed E-state index contributed by atoms with van der Waals surface area (Å²) in [6.07, 6.45) is 8.04. The number of urea groups is 1. The molecule has 29 heavy (non-hydrogen) atoms. The lowest BCUT2D eigenvalue weighted by Gasteiger charge is -2.35. The van der Waals surface area contributed by atoms with Gasteiger partial charge in [0, 0.05) is 43.5 Å². The van der Waals surface area contributed by atoms with Gasteiger partial charge in [-0.15, -0.1) is 0 Å². The van der Waals surface area contributed by atoms with Crippen molar-refractivity contribution >= 4 is 17.6 Å². The Morgan fingerprint density at radius 3 is 2.41 bits per heavy atom. The molecule has 3 fully saturated rings. The van der Waals surface area contributed by atoms with Crippen molar-refractivity contribution in [2.45, 2.75) is 57.9 Å². The number of benzene rings is 1. The Bertz CT molecular complexity index is 730. The first-order chi connectivity index (χ1) is 14.1. The molecule has 0 bridgehead atoms. The average molecular weight is 399 g/mol. The maximum Gasteiger partial charge on any atom is 0.321 e. The molecular weight excluding hydrogens is 364 g/mol. The minimum absolute atomic E-state index is 0.0527. The van der Waals surface area contributed by atoms with E-state index in [1.54, 1.807) is 0 Å². The SMILES string of the molecule is Cc1ccc(NC(=O)N2CCC(C3CCCN3)CC2)cc1C(=O)N1CCCCC1. The maximum absolute atomic E-state index is 12.9. The van der Waals surface area contributed by atoms with Crippen molar-refractivity contribution in [1.82, 2.24) is 15.1 Å². The molecule has 3 aliphatic heterocycles. The second-order valence-corrected chi connectivity index (χ2v) is 8.84. The fraction of sp³-hybridized carbons (Fsp3) is 0.652. The number of likely N-dealkylation sites (tertiary alicyclic amines) is 2. The first kappa shape index (κ1) is 20.2. The van der Waals surface area contributed by atoms with Gasteiger partial charge in [0.2, 0.25) is 0 Å². The van der Waals surface area contributed by atoms with Crippen LogP contribution in [0.4, 0.5) is 10.5 Å². The largest absolute Gasteiger partial charge is 0.339 e. The zero-order valence-electron chi connectivity index (χ0n) is 17.6. The number of nitrogens with one attached hydrogen (secondary N) is 2. The summed E-state index contributed by atoms with van der Waals surface area (Å²) in [6.45, 7) is 6.38. The number of aryl methyl sites for hydroxylation is 1. The van der Waals surface area contributed by atoms with Crippen molar-refractivity contribution < 1.29 is 9.59 Å². The highest BCUT2D eigenvalue weighted by Crippen LogP contribution is 2.26. The van der Waals surface area contributed by atoms with Crippen LogP contribution >= 0.6 is 0 Å². The van der Waals surface area contributed by atoms with Crippen molar-refractivity contribution in [3.63, 3.8) is 0 Å². The van der Waals surface area contributed by atoms with Gasteiger partial charge in [0.05, 0.1) is 0 Å². The van der Waals surface area contributed by atoms with Gasteiger partial charge in [-0.05, 0) is 82.0 Å².